The van der Waals surface area contributed by atoms with Crippen molar-refractivity contribution in [1.29, 1.82) is 0 Å². The van der Waals surface area contributed by atoms with Crippen molar-refractivity contribution in [3.63, 3.8) is 0 Å². The van der Waals surface area contributed by atoms with Crippen LogP contribution in [0, 0.1) is 23.2 Å². The SMILES string of the molecule is CCNCc1ncoc1CC12CC3CC(CC(C3)C1)C2. The van der Waals surface area contributed by atoms with Gasteiger partial charge < -0.3 is 9.73 Å². The fourth-order valence-corrected chi connectivity index (χ4v) is 5.67. The molecule has 4 aliphatic rings. The van der Waals surface area contributed by atoms with E-state index in [-0.39, 0.29) is 0 Å². The molecule has 1 heterocycles. The number of rotatable bonds is 5. The zero-order valence-corrected chi connectivity index (χ0v) is 12.5. The van der Waals surface area contributed by atoms with Crippen LogP contribution in [0.25, 0.3) is 0 Å². The van der Waals surface area contributed by atoms with Gasteiger partial charge in [0.2, 0.25) is 0 Å². The Kier molecular flexibility index (Phi) is 3.13. The third-order valence-corrected chi connectivity index (χ3v) is 5.97. The van der Waals surface area contributed by atoms with E-state index < -0.39 is 0 Å². The van der Waals surface area contributed by atoms with Crippen LogP contribution in [0.3, 0.4) is 0 Å². The standard InChI is InChI=1S/C17H26N2O/c1-2-18-10-15-16(20-11-19-15)9-17-6-12-3-13(7-17)5-14(4-12)8-17/h11-14,18H,2-10H2,1H3. The summed E-state index contributed by atoms with van der Waals surface area (Å²) in [7, 11) is 0. The number of oxazole rings is 1. The molecule has 0 amide bonds. The van der Waals surface area contributed by atoms with Gasteiger partial charge >= 0.3 is 0 Å². The van der Waals surface area contributed by atoms with Gasteiger partial charge in [0.1, 0.15) is 5.76 Å². The van der Waals surface area contributed by atoms with Crippen molar-refractivity contribution in [2.75, 3.05) is 6.54 Å². The molecule has 3 nitrogen and oxygen atoms in total. The molecule has 110 valence electrons. The summed E-state index contributed by atoms with van der Waals surface area (Å²) in [5.74, 6) is 4.21. The van der Waals surface area contributed by atoms with E-state index >= 15 is 0 Å². The highest BCUT2D eigenvalue weighted by Gasteiger charge is 2.51. The van der Waals surface area contributed by atoms with Crippen LogP contribution in [-0.2, 0) is 13.0 Å². The summed E-state index contributed by atoms with van der Waals surface area (Å²) >= 11 is 0. The largest absolute Gasteiger partial charge is 0.448 e. The van der Waals surface area contributed by atoms with Crippen LogP contribution in [0.4, 0.5) is 0 Å². The molecule has 0 atom stereocenters. The fourth-order valence-electron chi connectivity index (χ4n) is 5.67. The highest BCUT2D eigenvalue weighted by molar-refractivity contribution is 5.13. The minimum atomic E-state index is 0.551. The van der Waals surface area contributed by atoms with Gasteiger partial charge in [0, 0.05) is 13.0 Å². The second-order valence-electron chi connectivity index (χ2n) is 7.60. The van der Waals surface area contributed by atoms with Crippen molar-refractivity contribution in [2.45, 2.75) is 58.4 Å². The average Bonchev–Trinajstić information content (AvgIpc) is 2.81. The first kappa shape index (κ1) is 12.9. The molecular weight excluding hydrogens is 248 g/mol. The first-order chi connectivity index (χ1) is 9.76. The van der Waals surface area contributed by atoms with Crippen molar-refractivity contribution in [3.05, 3.63) is 17.8 Å². The molecule has 1 N–H and O–H groups in total. The summed E-state index contributed by atoms with van der Waals surface area (Å²) in [5.41, 5.74) is 1.69. The molecule has 0 aromatic carbocycles. The van der Waals surface area contributed by atoms with E-state index in [0.29, 0.717) is 5.41 Å². The minimum Gasteiger partial charge on any atom is -0.448 e. The molecule has 4 bridgehead atoms. The smallest absolute Gasteiger partial charge is 0.181 e. The maximum atomic E-state index is 5.75. The van der Waals surface area contributed by atoms with Crippen LogP contribution in [-0.4, -0.2) is 11.5 Å². The molecule has 0 aliphatic heterocycles. The molecule has 0 radical (unpaired) electrons. The lowest BCUT2D eigenvalue weighted by Gasteiger charge is -2.56. The van der Waals surface area contributed by atoms with Crippen molar-refractivity contribution < 1.29 is 4.42 Å². The average molecular weight is 274 g/mol. The minimum absolute atomic E-state index is 0.551. The quantitative estimate of drug-likeness (QED) is 0.892. The Morgan fingerprint density at radius 1 is 1.20 bits per heavy atom. The molecule has 0 spiro atoms. The van der Waals surface area contributed by atoms with E-state index in [1.165, 1.54) is 38.5 Å². The molecule has 3 heteroatoms. The van der Waals surface area contributed by atoms with Gasteiger partial charge in [0.25, 0.3) is 0 Å². The summed E-state index contributed by atoms with van der Waals surface area (Å²) in [5, 5.41) is 3.38. The molecule has 4 fully saturated rings. The monoisotopic (exact) mass is 274 g/mol. The van der Waals surface area contributed by atoms with Gasteiger partial charge in [-0.15, -0.1) is 0 Å². The number of aromatic nitrogens is 1. The second kappa shape index (κ2) is 4.87. The molecule has 4 aliphatic carbocycles. The molecule has 0 saturated heterocycles. The van der Waals surface area contributed by atoms with Gasteiger partial charge in [-0.2, -0.15) is 0 Å². The van der Waals surface area contributed by atoms with E-state index in [0.717, 1.165) is 48.7 Å². The van der Waals surface area contributed by atoms with Crippen LogP contribution in [0.2, 0.25) is 0 Å². The summed E-state index contributed by atoms with van der Waals surface area (Å²) in [6.07, 6.45) is 11.7. The van der Waals surface area contributed by atoms with Crippen LogP contribution >= 0.6 is 0 Å². The Balaban J connectivity index is 1.52. The van der Waals surface area contributed by atoms with E-state index in [4.69, 9.17) is 4.42 Å². The molecular formula is C17H26N2O. The number of nitrogens with zero attached hydrogens (tertiary/aromatic N) is 1. The molecule has 1 aromatic heterocycles. The maximum Gasteiger partial charge on any atom is 0.181 e. The number of hydrogen-bond acceptors (Lipinski definition) is 3. The summed E-state index contributed by atoms with van der Waals surface area (Å²) < 4.78 is 5.75. The Labute approximate surface area is 121 Å². The van der Waals surface area contributed by atoms with Crippen LogP contribution < -0.4 is 5.32 Å². The van der Waals surface area contributed by atoms with Crippen molar-refractivity contribution in [2.24, 2.45) is 23.2 Å². The van der Waals surface area contributed by atoms with E-state index in [2.05, 4.69) is 17.2 Å². The maximum absolute atomic E-state index is 5.75. The summed E-state index contributed by atoms with van der Waals surface area (Å²) in [4.78, 5) is 4.42. The zero-order valence-electron chi connectivity index (χ0n) is 12.5. The summed E-state index contributed by atoms with van der Waals surface area (Å²) in [6, 6.07) is 0. The fraction of sp³-hybridized carbons (Fsp3) is 0.824. The molecule has 5 rings (SSSR count). The Morgan fingerprint density at radius 2 is 1.85 bits per heavy atom. The predicted molar refractivity (Wildman–Crippen MR) is 78.2 cm³/mol. The van der Waals surface area contributed by atoms with Crippen molar-refractivity contribution in [3.8, 4) is 0 Å². The van der Waals surface area contributed by atoms with Gasteiger partial charge in [-0.05, 0) is 68.2 Å². The van der Waals surface area contributed by atoms with E-state index in [1.54, 1.807) is 6.39 Å². The van der Waals surface area contributed by atoms with E-state index in [1.807, 2.05) is 0 Å². The van der Waals surface area contributed by atoms with Crippen LogP contribution in [0.1, 0.15) is 56.9 Å². The third kappa shape index (κ3) is 2.20. The lowest BCUT2D eigenvalue weighted by atomic mass is 9.48. The van der Waals surface area contributed by atoms with Gasteiger partial charge in [-0.3, -0.25) is 0 Å². The topological polar surface area (TPSA) is 38.1 Å². The zero-order chi connectivity index (χ0) is 13.6. The first-order valence-corrected chi connectivity index (χ1v) is 8.38. The van der Waals surface area contributed by atoms with Gasteiger partial charge in [-0.25, -0.2) is 4.98 Å². The normalized spacial score (nSPS) is 38.5. The molecule has 1 aromatic rings. The van der Waals surface area contributed by atoms with Gasteiger partial charge in [0.05, 0.1) is 5.69 Å². The molecule has 0 unspecified atom stereocenters. The van der Waals surface area contributed by atoms with Gasteiger partial charge in [-0.1, -0.05) is 6.92 Å². The predicted octanol–water partition coefficient (Wildman–Crippen LogP) is 3.54. The molecule has 20 heavy (non-hydrogen) atoms. The Bertz CT molecular complexity index is 444. The third-order valence-electron chi connectivity index (χ3n) is 5.97. The highest BCUT2D eigenvalue weighted by atomic mass is 16.3. The first-order valence-electron chi connectivity index (χ1n) is 8.38. The van der Waals surface area contributed by atoms with Crippen molar-refractivity contribution in [1.82, 2.24) is 10.3 Å². The van der Waals surface area contributed by atoms with Gasteiger partial charge in [0.15, 0.2) is 6.39 Å². The van der Waals surface area contributed by atoms with Crippen LogP contribution in [0.15, 0.2) is 10.8 Å². The van der Waals surface area contributed by atoms with E-state index in [9.17, 15) is 0 Å². The highest BCUT2D eigenvalue weighted by Crippen LogP contribution is 2.61. The Morgan fingerprint density at radius 3 is 2.45 bits per heavy atom. The summed E-state index contributed by atoms with van der Waals surface area (Å²) in [6.45, 7) is 3.98. The lowest BCUT2D eigenvalue weighted by molar-refractivity contribution is -0.0546. The van der Waals surface area contributed by atoms with Crippen LogP contribution in [0.5, 0.6) is 0 Å². The van der Waals surface area contributed by atoms with Crippen molar-refractivity contribution >= 4 is 0 Å². The Hall–Kier alpha value is -0.830. The molecule has 4 saturated carbocycles. The number of hydrogen-bond donors (Lipinski definition) is 1. The lowest BCUT2D eigenvalue weighted by Crippen LogP contribution is -2.47. The number of nitrogens with one attached hydrogen (secondary N) is 1. The second-order valence-corrected chi connectivity index (χ2v) is 7.60.